The van der Waals surface area contributed by atoms with Crippen LogP contribution in [0.1, 0.15) is 82.3 Å². The summed E-state index contributed by atoms with van der Waals surface area (Å²) in [5.41, 5.74) is 5.00. The van der Waals surface area contributed by atoms with Crippen molar-refractivity contribution >= 4 is 11.3 Å². The Balaban J connectivity index is 1.34. The zero-order valence-corrected chi connectivity index (χ0v) is 21.9. The molecule has 4 aliphatic rings. The van der Waals surface area contributed by atoms with Crippen molar-refractivity contribution in [3.05, 3.63) is 45.2 Å². The predicted octanol–water partition coefficient (Wildman–Crippen LogP) is 7.21. The van der Waals surface area contributed by atoms with E-state index in [1.54, 1.807) is 24.0 Å². The van der Waals surface area contributed by atoms with Gasteiger partial charge in [0.05, 0.1) is 12.2 Å². The van der Waals surface area contributed by atoms with E-state index in [-0.39, 0.29) is 17.4 Å². The molecule has 4 heteroatoms. The van der Waals surface area contributed by atoms with Crippen LogP contribution in [-0.4, -0.2) is 25.1 Å². The van der Waals surface area contributed by atoms with Crippen LogP contribution in [0, 0.1) is 41.4 Å². The minimum absolute atomic E-state index is 0.188. The standard InChI is InChI=1S/C29H42O3S/c1-18-14-26(33-16-18)27(30)19(2)23-8-9-24-22-7-6-20-15-21(32-17-31-5)10-12-28(20,3)25(22)11-13-29(23,24)4/h6,8,14,16,19,21-22,24-25,27,30H,7,9-13,15,17H2,1-5H3/t19-,21-,22-,24-,25-,27?,28-,29+/m0/s1. The van der Waals surface area contributed by atoms with E-state index in [0.717, 1.165) is 29.6 Å². The van der Waals surface area contributed by atoms with Crippen LogP contribution in [0.4, 0.5) is 0 Å². The van der Waals surface area contributed by atoms with E-state index in [4.69, 9.17) is 9.47 Å². The Morgan fingerprint density at radius 2 is 1.91 bits per heavy atom. The van der Waals surface area contributed by atoms with Gasteiger partial charge >= 0.3 is 0 Å². The van der Waals surface area contributed by atoms with Gasteiger partial charge in [-0.05, 0) is 97.5 Å². The molecule has 2 saturated carbocycles. The Kier molecular flexibility index (Phi) is 6.44. The van der Waals surface area contributed by atoms with Gasteiger partial charge < -0.3 is 14.6 Å². The Morgan fingerprint density at radius 1 is 1.12 bits per heavy atom. The van der Waals surface area contributed by atoms with Crippen LogP contribution in [0.25, 0.3) is 0 Å². The number of hydrogen-bond donors (Lipinski definition) is 1. The SMILES string of the molecule is COCO[C@H]1CC[C@@]2(C)C(=CC[C@@H]3[C@@H]2CC[C@]2(C)C([C@H](C)C(O)c4cc(C)cs4)=CC[C@@H]32)C1. The molecule has 33 heavy (non-hydrogen) atoms. The molecule has 0 bridgehead atoms. The van der Waals surface area contributed by atoms with Crippen LogP contribution in [-0.2, 0) is 9.47 Å². The molecule has 0 radical (unpaired) electrons. The van der Waals surface area contributed by atoms with E-state index in [2.05, 4.69) is 51.3 Å². The average molecular weight is 471 g/mol. The number of fused-ring (bicyclic) bond motifs is 5. The van der Waals surface area contributed by atoms with Gasteiger partial charge in [0.2, 0.25) is 0 Å². The van der Waals surface area contributed by atoms with E-state index >= 15 is 0 Å². The fourth-order valence-electron chi connectivity index (χ4n) is 8.27. The minimum Gasteiger partial charge on any atom is -0.387 e. The van der Waals surface area contributed by atoms with Gasteiger partial charge in [-0.2, -0.15) is 0 Å². The number of ether oxygens (including phenoxy) is 2. The minimum atomic E-state index is -0.388. The number of aryl methyl sites for hydroxylation is 1. The van der Waals surface area contributed by atoms with E-state index in [0.29, 0.717) is 24.2 Å². The molecule has 3 nitrogen and oxygen atoms in total. The maximum absolute atomic E-state index is 11.2. The van der Waals surface area contributed by atoms with Gasteiger partial charge in [0.25, 0.3) is 0 Å². The molecular weight excluding hydrogens is 428 g/mol. The lowest BCUT2D eigenvalue weighted by molar-refractivity contribution is -0.0949. The van der Waals surface area contributed by atoms with Crippen molar-refractivity contribution in [2.24, 2.45) is 34.5 Å². The third-order valence-corrected chi connectivity index (χ3v) is 11.2. The maximum Gasteiger partial charge on any atom is 0.146 e. The summed E-state index contributed by atoms with van der Waals surface area (Å²) in [7, 11) is 1.71. The molecule has 0 spiro atoms. The lowest BCUT2D eigenvalue weighted by Gasteiger charge is -2.58. The average Bonchev–Trinajstić information content (AvgIpc) is 3.39. The number of hydrogen-bond acceptors (Lipinski definition) is 4. The summed E-state index contributed by atoms with van der Waals surface area (Å²) in [6.45, 7) is 9.86. The summed E-state index contributed by atoms with van der Waals surface area (Å²) in [5, 5.41) is 13.4. The Morgan fingerprint density at radius 3 is 2.64 bits per heavy atom. The molecule has 1 unspecified atom stereocenters. The maximum atomic E-state index is 11.2. The molecule has 2 fully saturated rings. The smallest absolute Gasteiger partial charge is 0.146 e. The molecule has 4 aliphatic carbocycles. The third kappa shape index (κ3) is 3.90. The second kappa shape index (κ2) is 8.93. The zero-order valence-electron chi connectivity index (χ0n) is 21.1. The van der Waals surface area contributed by atoms with Crippen LogP contribution in [0.15, 0.2) is 34.7 Å². The van der Waals surface area contributed by atoms with Crippen molar-refractivity contribution in [3.63, 3.8) is 0 Å². The normalized spacial score (nSPS) is 39.7. The zero-order chi connectivity index (χ0) is 23.4. The first-order valence-electron chi connectivity index (χ1n) is 13.0. The van der Waals surface area contributed by atoms with E-state index in [1.165, 1.54) is 43.2 Å². The van der Waals surface area contributed by atoms with Crippen molar-refractivity contribution in [2.75, 3.05) is 13.9 Å². The first-order chi connectivity index (χ1) is 15.8. The van der Waals surface area contributed by atoms with Crippen molar-refractivity contribution < 1.29 is 14.6 Å². The lowest BCUT2D eigenvalue weighted by atomic mass is 9.47. The van der Waals surface area contributed by atoms with Gasteiger partial charge in [-0.15, -0.1) is 11.3 Å². The molecule has 182 valence electrons. The monoisotopic (exact) mass is 470 g/mol. The molecule has 5 rings (SSSR count). The Labute approximate surface area is 204 Å². The number of aliphatic hydroxyl groups excluding tert-OH is 1. The number of thiophene rings is 1. The van der Waals surface area contributed by atoms with Crippen LogP contribution in [0.3, 0.4) is 0 Å². The van der Waals surface area contributed by atoms with Gasteiger partial charge in [0, 0.05) is 17.9 Å². The predicted molar refractivity (Wildman–Crippen MR) is 135 cm³/mol. The molecule has 0 aromatic carbocycles. The summed E-state index contributed by atoms with van der Waals surface area (Å²) in [6.07, 6.45) is 13.5. The molecule has 8 atom stereocenters. The fraction of sp³-hybridized carbons (Fsp3) is 0.724. The topological polar surface area (TPSA) is 38.7 Å². The Hall–Kier alpha value is -0.940. The lowest BCUT2D eigenvalue weighted by Crippen LogP contribution is -2.50. The highest BCUT2D eigenvalue weighted by atomic mass is 32.1. The fourth-order valence-corrected chi connectivity index (χ4v) is 9.25. The molecule has 0 saturated heterocycles. The van der Waals surface area contributed by atoms with Gasteiger partial charge in [-0.1, -0.05) is 44.1 Å². The molecule has 1 heterocycles. The first-order valence-corrected chi connectivity index (χ1v) is 13.9. The number of aliphatic hydroxyl groups is 1. The van der Waals surface area contributed by atoms with Gasteiger partial charge in [0.1, 0.15) is 6.79 Å². The van der Waals surface area contributed by atoms with Gasteiger partial charge in [-0.3, -0.25) is 0 Å². The summed E-state index contributed by atoms with van der Waals surface area (Å²) >= 11 is 1.70. The quantitative estimate of drug-likeness (QED) is 0.352. The highest BCUT2D eigenvalue weighted by Gasteiger charge is 2.57. The summed E-state index contributed by atoms with van der Waals surface area (Å²) in [5.74, 6) is 2.44. The van der Waals surface area contributed by atoms with Crippen LogP contribution in [0.5, 0.6) is 0 Å². The van der Waals surface area contributed by atoms with Gasteiger partial charge in [-0.25, -0.2) is 0 Å². The highest BCUT2D eigenvalue weighted by molar-refractivity contribution is 7.10. The highest BCUT2D eigenvalue weighted by Crippen LogP contribution is 2.66. The number of allylic oxidation sites excluding steroid dienone is 2. The molecule has 1 N–H and O–H groups in total. The van der Waals surface area contributed by atoms with Crippen molar-refractivity contribution in [3.8, 4) is 0 Å². The van der Waals surface area contributed by atoms with Crippen LogP contribution in [0.2, 0.25) is 0 Å². The Bertz CT molecular complexity index is 931. The van der Waals surface area contributed by atoms with Crippen molar-refractivity contribution in [1.82, 2.24) is 0 Å². The summed E-state index contributed by atoms with van der Waals surface area (Å²) in [6, 6.07) is 2.17. The summed E-state index contributed by atoms with van der Waals surface area (Å²) < 4.78 is 11.1. The number of rotatable bonds is 6. The van der Waals surface area contributed by atoms with E-state index in [9.17, 15) is 5.11 Å². The molecular formula is C29H42O3S. The molecule has 0 amide bonds. The van der Waals surface area contributed by atoms with Gasteiger partial charge in [0.15, 0.2) is 0 Å². The molecule has 1 aromatic rings. The first kappa shape index (κ1) is 23.8. The number of methoxy groups -OCH3 is 1. The largest absolute Gasteiger partial charge is 0.387 e. The van der Waals surface area contributed by atoms with Crippen LogP contribution < -0.4 is 0 Å². The van der Waals surface area contributed by atoms with E-state index in [1.807, 2.05) is 0 Å². The molecule has 1 aromatic heterocycles. The third-order valence-electron chi connectivity index (χ3n) is 10.1. The van der Waals surface area contributed by atoms with Crippen molar-refractivity contribution in [1.29, 1.82) is 0 Å². The van der Waals surface area contributed by atoms with E-state index < -0.39 is 0 Å². The summed E-state index contributed by atoms with van der Waals surface area (Å²) in [4.78, 5) is 1.12. The second-order valence-corrected chi connectivity index (χ2v) is 12.8. The second-order valence-electron chi connectivity index (χ2n) is 11.8. The van der Waals surface area contributed by atoms with Crippen molar-refractivity contribution in [2.45, 2.75) is 84.8 Å². The van der Waals surface area contributed by atoms with Crippen LogP contribution >= 0.6 is 11.3 Å². The molecule has 0 aliphatic heterocycles.